The molecule has 0 aliphatic heterocycles. The maximum atomic E-state index is 13.0. The van der Waals surface area contributed by atoms with Crippen molar-refractivity contribution >= 4 is 11.6 Å². The van der Waals surface area contributed by atoms with E-state index < -0.39 is 11.7 Å². The zero-order chi connectivity index (χ0) is 14.0. The Hall–Kier alpha value is -1.68. The van der Waals surface area contributed by atoms with Crippen molar-refractivity contribution < 1.29 is 17.9 Å². The standard InChI is InChI=1S/C14H10ClF3O/c1-19-13-7-6-9(15)8-11(13)10-4-2-3-5-12(10)14(16,17)18/h2-8H,1H3. The lowest BCUT2D eigenvalue weighted by atomic mass is 9.98. The average molecular weight is 287 g/mol. The second-order valence-corrected chi connectivity index (χ2v) is 4.32. The Labute approximate surface area is 113 Å². The molecule has 2 rings (SSSR count). The second kappa shape index (κ2) is 5.13. The SMILES string of the molecule is COc1ccc(Cl)cc1-c1ccccc1C(F)(F)F. The van der Waals surface area contributed by atoms with Crippen LogP contribution >= 0.6 is 11.6 Å². The van der Waals surface area contributed by atoms with Gasteiger partial charge in [0.1, 0.15) is 5.75 Å². The van der Waals surface area contributed by atoms with Crippen molar-refractivity contribution in [1.82, 2.24) is 0 Å². The summed E-state index contributed by atoms with van der Waals surface area (Å²) in [5.74, 6) is 0.348. The number of hydrogen-bond acceptors (Lipinski definition) is 1. The van der Waals surface area contributed by atoms with Crippen molar-refractivity contribution in [3.8, 4) is 16.9 Å². The highest BCUT2D eigenvalue weighted by molar-refractivity contribution is 6.31. The van der Waals surface area contributed by atoms with Crippen molar-refractivity contribution in [2.45, 2.75) is 6.18 Å². The molecule has 0 spiro atoms. The van der Waals surface area contributed by atoms with Gasteiger partial charge in [0, 0.05) is 10.6 Å². The van der Waals surface area contributed by atoms with Crippen LogP contribution in [0.3, 0.4) is 0 Å². The molecule has 0 unspecified atom stereocenters. The number of halogens is 4. The van der Waals surface area contributed by atoms with Crippen LogP contribution in [0, 0.1) is 0 Å². The molecule has 0 saturated carbocycles. The van der Waals surface area contributed by atoms with Crippen molar-refractivity contribution in [3.05, 3.63) is 53.1 Å². The molecule has 5 heteroatoms. The minimum absolute atomic E-state index is 0.0503. The van der Waals surface area contributed by atoms with Gasteiger partial charge in [-0.25, -0.2) is 0 Å². The summed E-state index contributed by atoms with van der Waals surface area (Å²) in [4.78, 5) is 0. The van der Waals surface area contributed by atoms with Gasteiger partial charge in [-0.1, -0.05) is 29.8 Å². The van der Waals surface area contributed by atoms with Gasteiger partial charge in [0.05, 0.1) is 12.7 Å². The highest BCUT2D eigenvalue weighted by atomic mass is 35.5. The van der Waals surface area contributed by atoms with E-state index in [2.05, 4.69) is 0 Å². The summed E-state index contributed by atoms with van der Waals surface area (Å²) >= 11 is 5.85. The lowest BCUT2D eigenvalue weighted by Gasteiger charge is -2.15. The van der Waals surface area contributed by atoms with Gasteiger partial charge in [0.15, 0.2) is 0 Å². The molecule has 2 aromatic carbocycles. The first kappa shape index (κ1) is 13.7. The van der Waals surface area contributed by atoms with Crippen molar-refractivity contribution in [2.24, 2.45) is 0 Å². The van der Waals surface area contributed by atoms with Crippen LogP contribution in [-0.2, 0) is 6.18 Å². The molecule has 100 valence electrons. The molecule has 19 heavy (non-hydrogen) atoms. The summed E-state index contributed by atoms with van der Waals surface area (Å²) in [6.07, 6.45) is -4.43. The Kier molecular flexibility index (Phi) is 3.71. The van der Waals surface area contributed by atoms with E-state index in [1.54, 1.807) is 18.2 Å². The summed E-state index contributed by atoms with van der Waals surface area (Å²) < 4.78 is 44.1. The molecule has 0 fully saturated rings. The van der Waals surface area contributed by atoms with E-state index in [0.29, 0.717) is 16.3 Å². The van der Waals surface area contributed by atoms with Gasteiger partial charge < -0.3 is 4.74 Å². The molecule has 0 saturated heterocycles. The summed E-state index contributed by atoms with van der Waals surface area (Å²) in [6, 6.07) is 9.91. The van der Waals surface area contributed by atoms with Crippen LogP contribution < -0.4 is 4.74 Å². The molecule has 0 aromatic heterocycles. The highest BCUT2D eigenvalue weighted by Gasteiger charge is 2.33. The first-order valence-corrected chi connectivity index (χ1v) is 5.81. The Morgan fingerprint density at radius 2 is 1.68 bits per heavy atom. The Morgan fingerprint density at radius 3 is 2.32 bits per heavy atom. The maximum absolute atomic E-state index is 13.0. The fourth-order valence-electron chi connectivity index (χ4n) is 1.86. The zero-order valence-electron chi connectivity index (χ0n) is 9.96. The third kappa shape index (κ3) is 2.84. The quantitative estimate of drug-likeness (QED) is 0.752. The largest absolute Gasteiger partial charge is 0.496 e. The second-order valence-electron chi connectivity index (χ2n) is 3.89. The molecule has 0 heterocycles. The van der Waals surface area contributed by atoms with Gasteiger partial charge in [-0.15, -0.1) is 0 Å². The average Bonchev–Trinajstić information content (AvgIpc) is 2.37. The fraction of sp³-hybridized carbons (Fsp3) is 0.143. The molecule has 2 aromatic rings. The van der Waals surface area contributed by atoms with Crippen LogP contribution in [0.4, 0.5) is 13.2 Å². The van der Waals surface area contributed by atoms with Gasteiger partial charge in [-0.2, -0.15) is 13.2 Å². The maximum Gasteiger partial charge on any atom is 0.417 e. The third-order valence-corrected chi connectivity index (χ3v) is 2.92. The van der Waals surface area contributed by atoms with Gasteiger partial charge >= 0.3 is 6.18 Å². The molecule has 1 nitrogen and oxygen atoms in total. The lowest BCUT2D eigenvalue weighted by molar-refractivity contribution is -0.137. The zero-order valence-corrected chi connectivity index (χ0v) is 10.7. The Morgan fingerprint density at radius 1 is 1.00 bits per heavy atom. The number of hydrogen-bond donors (Lipinski definition) is 0. The summed E-state index contributed by atoms with van der Waals surface area (Å²) in [5, 5.41) is 0.354. The number of ether oxygens (including phenoxy) is 1. The number of methoxy groups -OCH3 is 1. The molecule has 0 atom stereocenters. The van der Waals surface area contributed by atoms with E-state index >= 15 is 0 Å². The van der Waals surface area contributed by atoms with Gasteiger partial charge in [-0.3, -0.25) is 0 Å². The normalized spacial score (nSPS) is 11.4. The molecule has 0 N–H and O–H groups in total. The van der Waals surface area contributed by atoms with E-state index in [0.717, 1.165) is 6.07 Å². The van der Waals surface area contributed by atoms with Crippen molar-refractivity contribution in [3.63, 3.8) is 0 Å². The van der Waals surface area contributed by atoms with Crippen LogP contribution in [0.15, 0.2) is 42.5 Å². The van der Waals surface area contributed by atoms with Crippen LogP contribution in [0.25, 0.3) is 11.1 Å². The summed E-state index contributed by atoms with van der Waals surface area (Å²) in [7, 11) is 1.41. The summed E-state index contributed by atoms with van der Waals surface area (Å²) in [6.45, 7) is 0. The predicted molar refractivity (Wildman–Crippen MR) is 68.4 cm³/mol. The van der Waals surface area contributed by atoms with Gasteiger partial charge in [0.2, 0.25) is 0 Å². The monoisotopic (exact) mass is 286 g/mol. The van der Waals surface area contributed by atoms with Crippen LogP contribution in [0.5, 0.6) is 5.75 Å². The van der Waals surface area contributed by atoms with E-state index in [1.807, 2.05) is 0 Å². The Balaban J connectivity index is 2.69. The van der Waals surface area contributed by atoms with Gasteiger partial charge in [0.25, 0.3) is 0 Å². The van der Waals surface area contributed by atoms with Gasteiger partial charge in [-0.05, 0) is 29.8 Å². The van der Waals surface area contributed by atoms with Crippen molar-refractivity contribution in [2.75, 3.05) is 7.11 Å². The lowest BCUT2D eigenvalue weighted by Crippen LogP contribution is -2.07. The topological polar surface area (TPSA) is 9.23 Å². The van der Waals surface area contributed by atoms with Crippen LogP contribution in [0.2, 0.25) is 5.02 Å². The number of benzene rings is 2. The van der Waals surface area contributed by atoms with E-state index in [4.69, 9.17) is 16.3 Å². The smallest absolute Gasteiger partial charge is 0.417 e. The summed E-state index contributed by atoms with van der Waals surface area (Å²) in [5.41, 5.74) is -0.340. The molecule has 0 amide bonds. The van der Waals surface area contributed by atoms with E-state index in [-0.39, 0.29) is 5.56 Å². The molecule has 0 aliphatic rings. The Bertz CT molecular complexity index is 593. The van der Waals surface area contributed by atoms with Crippen molar-refractivity contribution in [1.29, 1.82) is 0 Å². The molecular formula is C14H10ClF3O. The molecule has 0 bridgehead atoms. The predicted octanol–water partition coefficient (Wildman–Crippen LogP) is 5.03. The first-order chi connectivity index (χ1) is 8.93. The van der Waals surface area contributed by atoms with Crippen LogP contribution in [0.1, 0.15) is 5.56 Å². The number of alkyl halides is 3. The van der Waals surface area contributed by atoms with E-state index in [1.165, 1.54) is 25.3 Å². The molecular weight excluding hydrogens is 277 g/mol. The molecule has 0 aliphatic carbocycles. The molecule has 0 radical (unpaired) electrons. The first-order valence-electron chi connectivity index (χ1n) is 5.43. The minimum atomic E-state index is -4.43. The number of rotatable bonds is 2. The fourth-order valence-corrected chi connectivity index (χ4v) is 2.03. The third-order valence-electron chi connectivity index (χ3n) is 2.68. The van der Waals surface area contributed by atoms with E-state index in [9.17, 15) is 13.2 Å². The van der Waals surface area contributed by atoms with Crippen LogP contribution in [-0.4, -0.2) is 7.11 Å². The minimum Gasteiger partial charge on any atom is -0.496 e. The highest BCUT2D eigenvalue weighted by Crippen LogP contribution is 2.40.